The van der Waals surface area contributed by atoms with Crippen molar-refractivity contribution in [2.75, 3.05) is 12.4 Å². The molecular formula is C14H14N6S. The molecule has 0 spiro atoms. The van der Waals surface area contributed by atoms with Crippen molar-refractivity contribution >= 4 is 17.6 Å². The Morgan fingerprint density at radius 3 is 2.57 bits per heavy atom. The van der Waals surface area contributed by atoms with Crippen LogP contribution in [0.1, 0.15) is 5.82 Å². The zero-order chi connectivity index (χ0) is 14.7. The molecule has 0 aliphatic heterocycles. The van der Waals surface area contributed by atoms with E-state index in [2.05, 4.69) is 30.5 Å². The largest absolute Gasteiger partial charge is 0.373 e. The number of anilines is 1. The Balaban J connectivity index is 1.97. The highest BCUT2D eigenvalue weighted by molar-refractivity contribution is 7.99. The SMILES string of the molecule is CNc1cc(Sc2n[nH]c(C)n2)nc(-c2ccccc2)n1. The number of hydrogen-bond donors (Lipinski definition) is 2. The molecule has 0 saturated carbocycles. The minimum atomic E-state index is 0.646. The quantitative estimate of drug-likeness (QED) is 0.721. The molecule has 7 heteroatoms. The van der Waals surface area contributed by atoms with Gasteiger partial charge in [-0.15, -0.1) is 5.10 Å². The van der Waals surface area contributed by atoms with Gasteiger partial charge in [-0.05, 0) is 18.7 Å². The third kappa shape index (κ3) is 3.19. The van der Waals surface area contributed by atoms with Crippen molar-refractivity contribution in [1.82, 2.24) is 25.1 Å². The first-order valence-corrected chi connectivity index (χ1v) is 7.25. The summed E-state index contributed by atoms with van der Waals surface area (Å²) in [7, 11) is 1.84. The summed E-state index contributed by atoms with van der Waals surface area (Å²) >= 11 is 1.40. The Bertz CT molecular complexity index is 740. The van der Waals surface area contributed by atoms with Crippen LogP contribution in [0.4, 0.5) is 5.82 Å². The molecule has 0 radical (unpaired) electrons. The zero-order valence-corrected chi connectivity index (χ0v) is 12.5. The van der Waals surface area contributed by atoms with Crippen LogP contribution in [0.2, 0.25) is 0 Å². The zero-order valence-electron chi connectivity index (χ0n) is 11.7. The number of H-pyrrole nitrogens is 1. The lowest BCUT2D eigenvalue weighted by Gasteiger charge is -2.06. The fourth-order valence-electron chi connectivity index (χ4n) is 1.78. The van der Waals surface area contributed by atoms with E-state index in [9.17, 15) is 0 Å². The highest BCUT2D eigenvalue weighted by Gasteiger charge is 2.09. The highest BCUT2D eigenvalue weighted by Crippen LogP contribution is 2.27. The predicted octanol–water partition coefficient (Wildman–Crippen LogP) is 2.76. The average molecular weight is 298 g/mol. The average Bonchev–Trinajstić information content (AvgIpc) is 2.93. The second-order valence-corrected chi connectivity index (χ2v) is 5.32. The molecule has 6 nitrogen and oxygen atoms in total. The number of aryl methyl sites for hydroxylation is 1. The Hall–Kier alpha value is -2.41. The summed E-state index contributed by atoms with van der Waals surface area (Å²) in [6.07, 6.45) is 0. The Morgan fingerprint density at radius 1 is 1.10 bits per heavy atom. The summed E-state index contributed by atoms with van der Waals surface area (Å²) in [5.74, 6) is 2.22. The second-order valence-electron chi connectivity index (χ2n) is 4.34. The minimum absolute atomic E-state index is 0.646. The lowest BCUT2D eigenvalue weighted by atomic mass is 10.2. The van der Waals surface area contributed by atoms with Crippen LogP contribution < -0.4 is 5.32 Å². The van der Waals surface area contributed by atoms with Crippen LogP contribution in [0.25, 0.3) is 11.4 Å². The van der Waals surface area contributed by atoms with Gasteiger partial charge in [-0.25, -0.2) is 15.0 Å². The van der Waals surface area contributed by atoms with Crippen molar-refractivity contribution in [3.8, 4) is 11.4 Å². The fourth-order valence-corrected chi connectivity index (χ4v) is 2.55. The van der Waals surface area contributed by atoms with Crippen molar-refractivity contribution < 1.29 is 0 Å². The molecule has 0 unspecified atom stereocenters. The van der Waals surface area contributed by atoms with Crippen LogP contribution in [-0.4, -0.2) is 32.2 Å². The van der Waals surface area contributed by atoms with Crippen molar-refractivity contribution in [1.29, 1.82) is 0 Å². The molecule has 1 aromatic carbocycles. The number of nitrogens with one attached hydrogen (secondary N) is 2. The van der Waals surface area contributed by atoms with Crippen molar-refractivity contribution in [3.63, 3.8) is 0 Å². The Morgan fingerprint density at radius 2 is 1.90 bits per heavy atom. The summed E-state index contributed by atoms with van der Waals surface area (Å²) in [6.45, 7) is 1.87. The molecule has 2 aromatic heterocycles. The third-order valence-corrected chi connectivity index (χ3v) is 3.55. The number of aromatic nitrogens is 5. The van der Waals surface area contributed by atoms with Gasteiger partial charge in [0.05, 0.1) is 0 Å². The maximum Gasteiger partial charge on any atom is 0.214 e. The first kappa shape index (κ1) is 13.6. The van der Waals surface area contributed by atoms with Crippen LogP contribution in [0.5, 0.6) is 0 Å². The van der Waals surface area contributed by atoms with Crippen molar-refractivity contribution in [2.24, 2.45) is 0 Å². The van der Waals surface area contributed by atoms with Gasteiger partial charge in [0, 0.05) is 18.7 Å². The van der Waals surface area contributed by atoms with Gasteiger partial charge in [-0.1, -0.05) is 30.3 Å². The first-order chi connectivity index (χ1) is 10.2. The van der Waals surface area contributed by atoms with Gasteiger partial charge in [0.1, 0.15) is 16.7 Å². The van der Waals surface area contributed by atoms with Crippen molar-refractivity contribution in [2.45, 2.75) is 17.1 Å². The predicted molar refractivity (Wildman–Crippen MR) is 82.3 cm³/mol. The molecule has 0 atom stereocenters. The topological polar surface area (TPSA) is 79.4 Å². The standard InChI is InChI=1S/C14H14N6S/c1-9-16-14(20-19-9)21-12-8-11(15-2)17-13(18-12)10-6-4-3-5-7-10/h3-8H,1-2H3,(H,15,17,18)(H,16,19,20). The monoisotopic (exact) mass is 298 g/mol. The molecule has 0 amide bonds. The van der Waals surface area contributed by atoms with Gasteiger partial charge in [0.25, 0.3) is 0 Å². The molecule has 0 bridgehead atoms. The number of nitrogens with zero attached hydrogens (tertiary/aromatic N) is 4. The normalized spacial score (nSPS) is 10.6. The summed E-state index contributed by atoms with van der Waals surface area (Å²) in [4.78, 5) is 13.3. The van der Waals surface area contributed by atoms with E-state index in [0.29, 0.717) is 11.0 Å². The van der Waals surface area contributed by atoms with Crippen LogP contribution in [0.15, 0.2) is 46.6 Å². The molecule has 0 saturated heterocycles. The van der Waals surface area contributed by atoms with Gasteiger partial charge < -0.3 is 5.32 Å². The lowest BCUT2D eigenvalue weighted by molar-refractivity contribution is 0.961. The summed E-state index contributed by atoms with van der Waals surface area (Å²) in [6, 6.07) is 11.8. The summed E-state index contributed by atoms with van der Waals surface area (Å²) in [5.41, 5.74) is 0.975. The molecule has 2 N–H and O–H groups in total. The molecule has 106 valence electrons. The third-order valence-electron chi connectivity index (χ3n) is 2.76. The number of aromatic amines is 1. The molecule has 2 heterocycles. The van der Waals surface area contributed by atoms with E-state index >= 15 is 0 Å². The van der Waals surface area contributed by atoms with E-state index in [1.807, 2.05) is 50.4 Å². The van der Waals surface area contributed by atoms with E-state index in [1.165, 1.54) is 11.8 Å². The van der Waals surface area contributed by atoms with E-state index in [4.69, 9.17) is 0 Å². The maximum atomic E-state index is 4.57. The first-order valence-electron chi connectivity index (χ1n) is 6.44. The second kappa shape index (κ2) is 5.92. The van der Waals surface area contributed by atoms with E-state index in [0.717, 1.165) is 22.2 Å². The molecule has 21 heavy (non-hydrogen) atoms. The fraction of sp³-hybridized carbons (Fsp3) is 0.143. The van der Waals surface area contributed by atoms with Crippen LogP contribution >= 0.6 is 11.8 Å². The van der Waals surface area contributed by atoms with E-state index < -0.39 is 0 Å². The Kier molecular flexibility index (Phi) is 3.83. The van der Waals surface area contributed by atoms with E-state index in [-0.39, 0.29) is 0 Å². The molecular weight excluding hydrogens is 284 g/mol. The van der Waals surface area contributed by atoms with Crippen LogP contribution in [0.3, 0.4) is 0 Å². The maximum absolute atomic E-state index is 4.57. The smallest absolute Gasteiger partial charge is 0.214 e. The summed E-state index contributed by atoms with van der Waals surface area (Å²) in [5, 5.41) is 11.4. The van der Waals surface area contributed by atoms with Crippen LogP contribution in [0, 0.1) is 6.92 Å². The van der Waals surface area contributed by atoms with Gasteiger partial charge in [-0.3, -0.25) is 5.10 Å². The molecule has 3 rings (SSSR count). The van der Waals surface area contributed by atoms with Crippen molar-refractivity contribution in [3.05, 3.63) is 42.2 Å². The molecule has 0 aliphatic carbocycles. The number of hydrogen-bond acceptors (Lipinski definition) is 6. The number of benzene rings is 1. The van der Waals surface area contributed by atoms with Gasteiger partial charge in [0.15, 0.2) is 5.82 Å². The molecule has 3 aromatic rings. The highest BCUT2D eigenvalue weighted by atomic mass is 32.2. The number of rotatable bonds is 4. The van der Waals surface area contributed by atoms with Crippen LogP contribution in [-0.2, 0) is 0 Å². The van der Waals surface area contributed by atoms with Gasteiger partial charge in [-0.2, -0.15) is 0 Å². The molecule has 0 fully saturated rings. The van der Waals surface area contributed by atoms with E-state index in [1.54, 1.807) is 0 Å². The van der Waals surface area contributed by atoms with Gasteiger partial charge in [0.2, 0.25) is 5.16 Å². The lowest BCUT2D eigenvalue weighted by Crippen LogP contribution is -1.98. The molecule has 0 aliphatic rings. The van der Waals surface area contributed by atoms with Gasteiger partial charge >= 0.3 is 0 Å². The Labute approximate surface area is 126 Å². The minimum Gasteiger partial charge on any atom is -0.373 e. The summed E-state index contributed by atoms with van der Waals surface area (Å²) < 4.78 is 0.